The number of carboxylic acid groups (broad SMARTS) is 2. The average molecular weight is 429 g/mol. The van der Waals surface area contributed by atoms with Gasteiger partial charge in [0.05, 0.1) is 0 Å². The summed E-state index contributed by atoms with van der Waals surface area (Å²) in [5.74, 6) is -5.83. The van der Waals surface area contributed by atoms with E-state index in [9.17, 15) is 29.1 Å². The van der Waals surface area contributed by atoms with Gasteiger partial charge in [-0.2, -0.15) is 0 Å². The van der Waals surface area contributed by atoms with Gasteiger partial charge in [-0.05, 0) is 18.8 Å². The molecule has 14 nitrogen and oxygen atoms in total. The van der Waals surface area contributed by atoms with Gasteiger partial charge in [0.1, 0.15) is 18.1 Å². The molecule has 0 aromatic heterocycles. The Hall–Kier alpha value is -3.42. The molecule has 4 atom stereocenters. The lowest BCUT2D eigenvalue weighted by Gasteiger charge is -2.28. The van der Waals surface area contributed by atoms with E-state index in [1.807, 2.05) is 0 Å². The highest BCUT2D eigenvalue weighted by Gasteiger charge is 2.48. The third-order valence-corrected chi connectivity index (χ3v) is 4.44. The molecule has 30 heavy (non-hydrogen) atoms. The van der Waals surface area contributed by atoms with Crippen LogP contribution in [0.3, 0.4) is 0 Å². The lowest BCUT2D eigenvalue weighted by molar-refractivity contribution is -0.150. The van der Waals surface area contributed by atoms with E-state index in [0.29, 0.717) is 11.3 Å². The molecule has 0 aromatic carbocycles. The highest BCUT2D eigenvalue weighted by Crippen LogP contribution is 2.17. The number of carbonyl (C=O) groups excluding carboxylic acids is 3. The minimum Gasteiger partial charge on any atom is -0.480 e. The molecule has 0 radical (unpaired) electrons. The molecule has 168 valence electrons. The lowest BCUT2D eigenvalue weighted by atomic mass is 10.0. The number of nitrogens with two attached hydrogens (primary N) is 2. The molecule has 4 amide bonds. The van der Waals surface area contributed by atoms with Gasteiger partial charge in [0.15, 0.2) is 12.0 Å². The number of urea groups is 1. The molecule has 1 aliphatic rings. The summed E-state index contributed by atoms with van der Waals surface area (Å²) in [5.41, 5.74) is 10.8. The minimum absolute atomic E-state index is 0.129. The Bertz CT molecular complexity index is 727. The number of guanidine groups is 1. The van der Waals surface area contributed by atoms with Crippen LogP contribution >= 0.6 is 0 Å². The normalized spacial score (nSPS) is 19.1. The summed E-state index contributed by atoms with van der Waals surface area (Å²) in [5, 5.41) is 32.7. The molecular formula is C16H27N7O7. The maximum atomic E-state index is 12.6. The number of nitrogens with zero attached hydrogens (tertiary/aromatic N) is 1. The average Bonchev–Trinajstić information content (AvgIpc) is 2.90. The van der Waals surface area contributed by atoms with E-state index in [2.05, 4.69) is 16.0 Å². The molecule has 0 aliphatic carbocycles. The largest absolute Gasteiger partial charge is 0.480 e. The molecule has 1 saturated heterocycles. The zero-order chi connectivity index (χ0) is 23.2. The van der Waals surface area contributed by atoms with Crippen molar-refractivity contribution in [3.8, 4) is 0 Å². The van der Waals surface area contributed by atoms with Crippen molar-refractivity contribution in [2.45, 2.75) is 50.9 Å². The number of hydrogen-bond acceptors (Lipinski definition) is 7. The van der Waals surface area contributed by atoms with Crippen LogP contribution in [-0.2, 0) is 19.2 Å². The van der Waals surface area contributed by atoms with Crippen molar-refractivity contribution in [2.24, 2.45) is 17.4 Å². The standard InChI is InChI=1S/C16H27N7O7/c1-6(2)9(13(26)27)22-11(24)8(17)10(14(28)29)23-12(25)7(21-16(23)30)4-3-5-20-15(18)19/h6-10H,3-5,17H2,1-2H3,(H,21,30)(H,22,24)(H,26,27)(H,28,29)(H4,18,19,20)/t7-,8-,9-,10?/m0/s1. The van der Waals surface area contributed by atoms with Gasteiger partial charge in [-0.15, -0.1) is 0 Å². The van der Waals surface area contributed by atoms with Gasteiger partial charge in [0.2, 0.25) is 5.91 Å². The Morgan fingerprint density at radius 2 is 1.83 bits per heavy atom. The SMILES string of the molecule is CC(C)[C@H](NC(=O)[C@@H](N)C(C(=O)O)N1C(=O)N[C@@H](CCCNC(=N)N)C1=O)C(=O)O. The maximum Gasteiger partial charge on any atom is 0.329 e. The number of hydrogen-bond donors (Lipinski definition) is 8. The van der Waals surface area contributed by atoms with Gasteiger partial charge in [-0.25, -0.2) is 19.3 Å². The van der Waals surface area contributed by atoms with Gasteiger partial charge in [0, 0.05) is 6.54 Å². The predicted octanol–water partition coefficient (Wildman–Crippen LogP) is -2.82. The Balaban J connectivity index is 2.92. The first-order valence-electron chi connectivity index (χ1n) is 9.11. The Labute approximate surface area is 171 Å². The first-order chi connectivity index (χ1) is 13.9. The van der Waals surface area contributed by atoms with Gasteiger partial charge in [-0.1, -0.05) is 13.8 Å². The zero-order valence-electron chi connectivity index (χ0n) is 16.5. The van der Waals surface area contributed by atoms with Crippen LogP contribution in [0.2, 0.25) is 0 Å². The van der Waals surface area contributed by atoms with E-state index in [0.717, 1.165) is 0 Å². The van der Waals surface area contributed by atoms with Crippen molar-refractivity contribution in [1.29, 1.82) is 5.41 Å². The summed E-state index contributed by atoms with van der Waals surface area (Å²) in [6.07, 6.45) is 0.465. The van der Waals surface area contributed by atoms with Gasteiger partial charge in [-0.3, -0.25) is 15.0 Å². The molecule has 1 fully saturated rings. The Kier molecular flexibility index (Phi) is 8.52. The van der Waals surface area contributed by atoms with Crippen molar-refractivity contribution in [3.63, 3.8) is 0 Å². The van der Waals surface area contributed by atoms with Crippen molar-refractivity contribution >= 4 is 35.7 Å². The van der Waals surface area contributed by atoms with Crippen LogP contribution in [-0.4, -0.2) is 81.6 Å². The van der Waals surface area contributed by atoms with Gasteiger partial charge in [0.25, 0.3) is 5.91 Å². The summed E-state index contributed by atoms with van der Waals surface area (Å²) >= 11 is 0. The van der Waals surface area contributed by atoms with Crippen LogP contribution < -0.4 is 27.4 Å². The molecule has 14 heteroatoms. The first-order valence-corrected chi connectivity index (χ1v) is 9.11. The van der Waals surface area contributed by atoms with Crippen LogP contribution in [0.4, 0.5) is 4.79 Å². The predicted molar refractivity (Wildman–Crippen MR) is 102 cm³/mol. The van der Waals surface area contributed by atoms with Crippen molar-refractivity contribution in [2.75, 3.05) is 6.54 Å². The van der Waals surface area contributed by atoms with Crippen molar-refractivity contribution in [3.05, 3.63) is 0 Å². The third kappa shape index (κ3) is 6.04. The molecule has 0 aromatic rings. The number of nitrogens with one attached hydrogen (secondary N) is 4. The second kappa shape index (κ2) is 10.4. The van der Waals surface area contributed by atoms with E-state index >= 15 is 0 Å². The number of rotatable bonds is 11. The van der Waals surface area contributed by atoms with Gasteiger partial charge < -0.3 is 37.6 Å². The number of carboxylic acids is 2. The van der Waals surface area contributed by atoms with Crippen LogP contribution in [0.1, 0.15) is 26.7 Å². The summed E-state index contributed by atoms with van der Waals surface area (Å²) in [6, 6.07) is -7.32. The lowest BCUT2D eigenvalue weighted by Crippen LogP contribution is -2.62. The molecule has 1 unspecified atom stereocenters. The summed E-state index contributed by atoms with van der Waals surface area (Å²) < 4.78 is 0. The fraction of sp³-hybridized carbons (Fsp3) is 0.625. The van der Waals surface area contributed by atoms with Gasteiger partial charge >= 0.3 is 18.0 Å². The molecule has 1 aliphatic heterocycles. The highest BCUT2D eigenvalue weighted by molar-refractivity contribution is 6.08. The molecule has 0 spiro atoms. The van der Waals surface area contributed by atoms with E-state index in [1.54, 1.807) is 0 Å². The summed E-state index contributed by atoms with van der Waals surface area (Å²) in [6.45, 7) is 3.32. The van der Waals surface area contributed by atoms with Crippen LogP contribution in [0.25, 0.3) is 0 Å². The molecular weight excluding hydrogens is 402 g/mol. The Morgan fingerprint density at radius 1 is 1.23 bits per heavy atom. The van der Waals surface area contributed by atoms with Crippen LogP contribution in [0.15, 0.2) is 0 Å². The van der Waals surface area contributed by atoms with Crippen LogP contribution in [0.5, 0.6) is 0 Å². The first kappa shape index (κ1) is 24.6. The second-order valence-electron chi connectivity index (χ2n) is 7.07. The van der Waals surface area contributed by atoms with E-state index < -0.39 is 59.9 Å². The molecule has 1 heterocycles. The van der Waals surface area contributed by atoms with E-state index in [4.69, 9.17) is 22.0 Å². The fourth-order valence-corrected chi connectivity index (χ4v) is 2.87. The van der Waals surface area contributed by atoms with Crippen molar-refractivity contribution in [1.82, 2.24) is 20.9 Å². The molecule has 0 bridgehead atoms. The quantitative estimate of drug-likeness (QED) is 0.0724. The zero-order valence-corrected chi connectivity index (χ0v) is 16.5. The van der Waals surface area contributed by atoms with E-state index in [1.165, 1.54) is 13.8 Å². The molecule has 0 saturated carbocycles. The Morgan fingerprint density at radius 3 is 2.30 bits per heavy atom. The topological polar surface area (TPSA) is 241 Å². The minimum atomic E-state index is -2.03. The monoisotopic (exact) mass is 429 g/mol. The smallest absolute Gasteiger partial charge is 0.329 e. The summed E-state index contributed by atoms with van der Waals surface area (Å²) in [4.78, 5) is 60.5. The third-order valence-electron chi connectivity index (χ3n) is 4.44. The second-order valence-corrected chi connectivity index (χ2v) is 7.07. The van der Waals surface area contributed by atoms with Crippen LogP contribution in [0, 0.1) is 11.3 Å². The highest BCUT2D eigenvalue weighted by atomic mass is 16.4. The number of aliphatic carboxylic acids is 2. The number of carbonyl (C=O) groups is 5. The number of amides is 4. The number of imide groups is 1. The van der Waals surface area contributed by atoms with Crippen molar-refractivity contribution < 1.29 is 34.2 Å². The summed E-state index contributed by atoms with van der Waals surface area (Å²) in [7, 11) is 0. The van der Waals surface area contributed by atoms with E-state index in [-0.39, 0.29) is 18.9 Å². The molecule has 1 rings (SSSR count). The molecule has 10 N–H and O–H groups in total. The fourth-order valence-electron chi connectivity index (χ4n) is 2.87. The maximum absolute atomic E-state index is 12.6.